The molecule has 2 heterocycles. The van der Waals surface area contributed by atoms with Crippen molar-refractivity contribution in [2.75, 3.05) is 6.61 Å². The summed E-state index contributed by atoms with van der Waals surface area (Å²) < 4.78 is 72.5. The standard InChI is InChI=1S/C17H20F3N3O3S/c1-14(2)9-15(10-26-14)7-12(8-15)21-27(24,25)13-5-3-11(4-6-13)16(22-23-16)17(18,19)20/h3-6,12,21H,7-10H2,1-2H3. The largest absolute Gasteiger partial charge is 0.442 e. The van der Waals surface area contributed by atoms with Gasteiger partial charge in [0.1, 0.15) is 0 Å². The normalized spacial score (nSPS) is 31.1. The minimum Gasteiger partial charge on any atom is -0.375 e. The van der Waals surface area contributed by atoms with E-state index in [-0.39, 0.29) is 27.5 Å². The summed E-state index contributed by atoms with van der Waals surface area (Å²) in [7, 11) is -3.81. The monoisotopic (exact) mass is 403 g/mol. The molecule has 1 spiro atoms. The van der Waals surface area contributed by atoms with E-state index in [0.717, 1.165) is 30.7 Å². The quantitative estimate of drug-likeness (QED) is 0.836. The Bertz CT molecular complexity index is 882. The number of alkyl halides is 3. The molecule has 148 valence electrons. The van der Waals surface area contributed by atoms with E-state index >= 15 is 0 Å². The lowest BCUT2D eigenvalue weighted by Gasteiger charge is -2.44. The van der Waals surface area contributed by atoms with Gasteiger partial charge in [-0.15, -0.1) is 10.2 Å². The van der Waals surface area contributed by atoms with Crippen LogP contribution in [0.3, 0.4) is 0 Å². The predicted molar refractivity (Wildman–Crippen MR) is 89.5 cm³/mol. The van der Waals surface area contributed by atoms with Crippen LogP contribution in [-0.2, 0) is 20.4 Å². The molecule has 1 saturated heterocycles. The SMILES string of the molecule is CC1(C)CC2(CO1)CC(NS(=O)(=O)c1ccc(C3(C(F)(F)F)N=N3)cc1)C2. The summed E-state index contributed by atoms with van der Waals surface area (Å²) in [6, 6.07) is 4.34. The van der Waals surface area contributed by atoms with E-state index in [1.54, 1.807) is 0 Å². The van der Waals surface area contributed by atoms with E-state index in [0.29, 0.717) is 19.4 Å². The highest BCUT2D eigenvalue weighted by Crippen LogP contribution is 2.53. The summed E-state index contributed by atoms with van der Waals surface area (Å²) in [5.74, 6) is 0. The maximum atomic E-state index is 13.0. The molecule has 0 radical (unpaired) electrons. The van der Waals surface area contributed by atoms with Gasteiger partial charge in [0.05, 0.1) is 17.1 Å². The molecule has 10 heteroatoms. The van der Waals surface area contributed by atoms with E-state index in [1.165, 1.54) is 0 Å². The number of ether oxygens (including phenoxy) is 1. The van der Waals surface area contributed by atoms with Crippen LogP contribution in [0.15, 0.2) is 39.4 Å². The molecule has 1 saturated carbocycles. The van der Waals surface area contributed by atoms with Gasteiger partial charge in [0.15, 0.2) is 0 Å². The first-order valence-electron chi connectivity index (χ1n) is 8.64. The van der Waals surface area contributed by atoms with Gasteiger partial charge in [0, 0.05) is 11.6 Å². The van der Waals surface area contributed by atoms with Crippen LogP contribution in [0.5, 0.6) is 0 Å². The number of rotatable bonds is 4. The molecular weight excluding hydrogens is 383 g/mol. The zero-order valence-corrected chi connectivity index (χ0v) is 15.7. The van der Waals surface area contributed by atoms with Crippen LogP contribution in [0.25, 0.3) is 0 Å². The molecule has 0 atom stereocenters. The molecular formula is C17H20F3N3O3S. The van der Waals surface area contributed by atoms with Crippen LogP contribution in [-0.4, -0.2) is 32.8 Å². The second-order valence-electron chi connectivity index (χ2n) is 8.35. The second-order valence-corrected chi connectivity index (χ2v) is 10.1. The van der Waals surface area contributed by atoms with Crippen molar-refractivity contribution in [1.29, 1.82) is 0 Å². The molecule has 3 aliphatic rings. The Morgan fingerprint density at radius 2 is 1.74 bits per heavy atom. The van der Waals surface area contributed by atoms with E-state index < -0.39 is 21.9 Å². The molecule has 4 rings (SSSR count). The Balaban J connectivity index is 1.42. The fraction of sp³-hybridized carbons (Fsp3) is 0.647. The third kappa shape index (κ3) is 3.17. The first-order valence-corrected chi connectivity index (χ1v) is 10.1. The third-order valence-corrected chi connectivity index (χ3v) is 7.05. The highest BCUT2D eigenvalue weighted by atomic mass is 32.2. The molecule has 1 aromatic rings. The number of halogens is 3. The van der Waals surface area contributed by atoms with Gasteiger partial charge in [-0.05, 0) is 50.7 Å². The Hall–Kier alpha value is -1.52. The van der Waals surface area contributed by atoms with E-state index in [1.807, 2.05) is 13.8 Å². The van der Waals surface area contributed by atoms with Crippen LogP contribution in [0, 0.1) is 5.41 Å². The highest BCUT2D eigenvalue weighted by molar-refractivity contribution is 7.89. The molecule has 0 amide bonds. The first kappa shape index (κ1) is 18.8. The number of hydrogen-bond acceptors (Lipinski definition) is 5. The van der Waals surface area contributed by atoms with Crippen molar-refractivity contribution in [2.45, 2.75) is 61.5 Å². The van der Waals surface area contributed by atoms with Crippen molar-refractivity contribution in [1.82, 2.24) is 4.72 Å². The lowest BCUT2D eigenvalue weighted by Crippen LogP contribution is -2.51. The van der Waals surface area contributed by atoms with Crippen molar-refractivity contribution in [3.8, 4) is 0 Å². The van der Waals surface area contributed by atoms with Gasteiger partial charge in [-0.1, -0.05) is 12.1 Å². The Kier molecular flexibility index (Phi) is 3.84. The van der Waals surface area contributed by atoms with Crippen LogP contribution in [0.2, 0.25) is 0 Å². The molecule has 0 aromatic heterocycles. The van der Waals surface area contributed by atoms with Crippen LogP contribution in [0.4, 0.5) is 13.2 Å². The fourth-order valence-electron chi connectivity index (χ4n) is 4.28. The zero-order chi connectivity index (χ0) is 19.7. The van der Waals surface area contributed by atoms with Crippen molar-refractivity contribution < 1.29 is 26.3 Å². The summed E-state index contributed by atoms with van der Waals surface area (Å²) in [4.78, 5) is -0.0758. The van der Waals surface area contributed by atoms with Gasteiger partial charge in [-0.2, -0.15) is 13.2 Å². The molecule has 1 aliphatic carbocycles. The van der Waals surface area contributed by atoms with Crippen molar-refractivity contribution in [2.24, 2.45) is 15.6 Å². The summed E-state index contributed by atoms with van der Waals surface area (Å²) in [5.41, 5.74) is -2.90. The second kappa shape index (κ2) is 5.51. The summed E-state index contributed by atoms with van der Waals surface area (Å²) >= 11 is 0. The number of sulfonamides is 1. The fourth-order valence-corrected chi connectivity index (χ4v) is 5.52. The van der Waals surface area contributed by atoms with Gasteiger partial charge in [-0.25, -0.2) is 13.1 Å². The first-order chi connectivity index (χ1) is 12.4. The molecule has 0 unspecified atom stereocenters. The topological polar surface area (TPSA) is 80.1 Å². The van der Waals surface area contributed by atoms with Gasteiger partial charge in [0.2, 0.25) is 10.0 Å². The molecule has 2 aliphatic heterocycles. The van der Waals surface area contributed by atoms with Gasteiger partial charge >= 0.3 is 11.8 Å². The number of nitrogens with one attached hydrogen (secondary N) is 1. The molecule has 6 nitrogen and oxygen atoms in total. The highest BCUT2D eigenvalue weighted by Gasteiger charge is 2.65. The van der Waals surface area contributed by atoms with E-state index in [4.69, 9.17) is 4.74 Å². The number of hydrogen-bond donors (Lipinski definition) is 1. The molecule has 1 N–H and O–H groups in total. The molecule has 0 bridgehead atoms. The molecule has 27 heavy (non-hydrogen) atoms. The number of nitrogens with zero attached hydrogens (tertiary/aromatic N) is 2. The van der Waals surface area contributed by atoms with E-state index in [9.17, 15) is 21.6 Å². The molecule has 2 fully saturated rings. The number of benzene rings is 1. The van der Waals surface area contributed by atoms with Crippen molar-refractivity contribution in [3.63, 3.8) is 0 Å². The Morgan fingerprint density at radius 1 is 1.15 bits per heavy atom. The summed E-state index contributed by atoms with van der Waals surface area (Å²) in [6.07, 6.45) is -2.35. The smallest absolute Gasteiger partial charge is 0.375 e. The van der Waals surface area contributed by atoms with Crippen LogP contribution in [0.1, 0.15) is 38.7 Å². The van der Waals surface area contributed by atoms with Gasteiger partial charge < -0.3 is 4.74 Å². The predicted octanol–water partition coefficient (Wildman–Crippen LogP) is 3.49. The maximum absolute atomic E-state index is 13.0. The minimum absolute atomic E-state index is 0.0224. The maximum Gasteiger partial charge on any atom is 0.442 e. The summed E-state index contributed by atoms with van der Waals surface area (Å²) in [5, 5.41) is 6.23. The van der Waals surface area contributed by atoms with Crippen LogP contribution < -0.4 is 4.72 Å². The van der Waals surface area contributed by atoms with E-state index in [2.05, 4.69) is 15.0 Å². The average Bonchev–Trinajstić information content (AvgIpc) is 3.27. The van der Waals surface area contributed by atoms with Crippen molar-refractivity contribution >= 4 is 10.0 Å². The minimum atomic E-state index is -4.64. The lowest BCUT2D eigenvalue weighted by molar-refractivity contribution is -0.166. The third-order valence-electron chi connectivity index (χ3n) is 5.51. The lowest BCUT2D eigenvalue weighted by atomic mass is 9.63. The van der Waals surface area contributed by atoms with Gasteiger partial charge in [-0.3, -0.25) is 0 Å². The Morgan fingerprint density at radius 3 is 2.19 bits per heavy atom. The van der Waals surface area contributed by atoms with Crippen LogP contribution >= 0.6 is 0 Å². The molecule has 1 aromatic carbocycles. The Labute approximate surface area is 155 Å². The van der Waals surface area contributed by atoms with Gasteiger partial charge in [0.25, 0.3) is 0 Å². The average molecular weight is 403 g/mol. The van der Waals surface area contributed by atoms with Crippen molar-refractivity contribution in [3.05, 3.63) is 29.8 Å². The summed E-state index contributed by atoms with van der Waals surface area (Å²) in [6.45, 7) is 4.67. The zero-order valence-electron chi connectivity index (χ0n) is 14.9.